The third kappa shape index (κ3) is 2.66. The molecule has 0 spiro atoms. The van der Waals surface area contributed by atoms with Crippen LogP contribution in [0.5, 0.6) is 0 Å². The molecule has 1 aliphatic heterocycles. The second kappa shape index (κ2) is 4.88. The number of thioether (sulfide) groups is 1. The van der Waals surface area contributed by atoms with Crippen molar-refractivity contribution in [1.29, 1.82) is 0 Å². The van der Waals surface area contributed by atoms with Crippen LogP contribution >= 0.6 is 34.7 Å². The SMILES string of the molecule is CC(NC1CCSC1)c1ccc(Cl)s1. The maximum atomic E-state index is 5.91. The Bertz CT molecular complexity index is 294. The van der Waals surface area contributed by atoms with Crippen molar-refractivity contribution in [1.82, 2.24) is 5.32 Å². The van der Waals surface area contributed by atoms with Gasteiger partial charge in [0, 0.05) is 22.7 Å². The highest BCUT2D eigenvalue weighted by molar-refractivity contribution is 7.99. The third-order valence-corrected chi connectivity index (χ3v) is 5.01. The van der Waals surface area contributed by atoms with Gasteiger partial charge in [-0.25, -0.2) is 0 Å². The number of hydrogen-bond donors (Lipinski definition) is 1. The van der Waals surface area contributed by atoms with Crippen LogP contribution in [0.15, 0.2) is 12.1 Å². The molecule has 1 saturated heterocycles. The van der Waals surface area contributed by atoms with E-state index in [0.717, 1.165) is 4.34 Å². The molecule has 1 nitrogen and oxygen atoms in total. The Balaban J connectivity index is 1.91. The van der Waals surface area contributed by atoms with Crippen molar-refractivity contribution in [3.05, 3.63) is 21.3 Å². The summed E-state index contributed by atoms with van der Waals surface area (Å²) in [5.74, 6) is 2.55. The summed E-state index contributed by atoms with van der Waals surface area (Å²) < 4.78 is 0.884. The molecule has 0 saturated carbocycles. The molecule has 2 heterocycles. The van der Waals surface area contributed by atoms with Crippen molar-refractivity contribution in [2.75, 3.05) is 11.5 Å². The summed E-state index contributed by atoms with van der Waals surface area (Å²) in [4.78, 5) is 1.34. The van der Waals surface area contributed by atoms with Crippen molar-refractivity contribution in [3.63, 3.8) is 0 Å². The maximum Gasteiger partial charge on any atom is 0.0931 e. The molecule has 2 unspecified atom stereocenters. The predicted molar refractivity (Wildman–Crippen MR) is 66.6 cm³/mol. The van der Waals surface area contributed by atoms with E-state index in [9.17, 15) is 0 Å². The number of halogens is 1. The van der Waals surface area contributed by atoms with Gasteiger partial charge < -0.3 is 5.32 Å². The second-order valence-electron chi connectivity index (χ2n) is 3.59. The quantitative estimate of drug-likeness (QED) is 0.877. The fraction of sp³-hybridized carbons (Fsp3) is 0.600. The molecule has 14 heavy (non-hydrogen) atoms. The Labute approximate surface area is 98.2 Å². The highest BCUT2D eigenvalue weighted by Gasteiger charge is 2.18. The van der Waals surface area contributed by atoms with Crippen LogP contribution in [0.2, 0.25) is 4.34 Å². The average molecular weight is 248 g/mol. The minimum Gasteiger partial charge on any atom is -0.306 e. The van der Waals surface area contributed by atoms with E-state index in [0.29, 0.717) is 12.1 Å². The highest BCUT2D eigenvalue weighted by atomic mass is 35.5. The lowest BCUT2D eigenvalue weighted by Crippen LogP contribution is -2.30. The lowest BCUT2D eigenvalue weighted by molar-refractivity contribution is 0.491. The third-order valence-electron chi connectivity index (χ3n) is 2.44. The smallest absolute Gasteiger partial charge is 0.0931 e. The molecule has 1 aliphatic rings. The largest absolute Gasteiger partial charge is 0.306 e. The van der Waals surface area contributed by atoms with Gasteiger partial charge in [0.15, 0.2) is 0 Å². The van der Waals surface area contributed by atoms with Gasteiger partial charge in [-0.3, -0.25) is 0 Å². The molecule has 4 heteroatoms. The molecule has 1 aromatic heterocycles. The van der Waals surface area contributed by atoms with Gasteiger partial charge in [0.2, 0.25) is 0 Å². The number of thiophene rings is 1. The lowest BCUT2D eigenvalue weighted by Gasteiger charge is -2.17. The number of nitrogens with one attached hydrogen (secondary N) is 1. The van der Waals surface area contributed by atoms with Gasteiger partial charge in [-0.05, 0) is 31.2 Å². The van der Waals surface area contributed by atoms with Gasteiger partial charge >= 0.3 is 0 Å². The fourth-order valence-electron chi connectivity index (χ4n) is 1.66. The minimum absolute atomic E-state index is 0.441. The minimum atomic E-state index is 0.441. The lowest BCUT2D eigenvalue weighted by atomic mass is 10.2. The summed E-state index contributed by atoms with van der Waals surface area (Å²) in [6.45, 7) is 2.21. The van der Waals surface area contributed by atoms with Crippen LogP contribution in [0, 0.1) is 0 Å². The normalized spacial score (nSPS) is 24.0. The zero-order valence-electron chi connectivity index (χ0n) is 8.13. The van der Waals surface area contributed by atoms with Crippen LogP contribution in [0.3, 0.4) is 0 Å². The van der Waals surface area contributed by atoms with Gasteiger partial charge in [-0.2, -0.15) is 11.8 Å². The molecule has 78 valence electrons. The number of hydrogen-bond acceptors (Lipinski definition) is 3. The fourth-order valence-corrected chi connectivity index (χ4v) is 3.90. The van der Waals surface area contributed by atoms with Gasteiger partial charge in [0.1, 0.15) is 0 Å². The Kier molecular flexibility index (Phi) is 3.77. The second-order valence-corrected chi connectivity index (χ2v) is 6.49. The summed E-state index contributed by atoms with van der Waals surface area (Å²) in [6, 6.07) is 5.22. The molecule has 2 rings (SSSR count). The van der Waals surface area contributed by atoms with E-state index in [1.54, 1.807) is 11.3 Å². The first-order chi connectivity index (χ1) is 6.75. The Morgan fingerprint density at radius 1 is 1.57 bits per heavy atom. The Hall–Kier alpha value is 0.300. The molecule has 2 atom stereocenters. The van der Waals surface area contributed by atoms with E-state index in [1.165, 1.54) is 22.8 Å². The first-order valence-electron chi connectivity index (χ1n) is 4.85. The summed E-state index contributed by atoms with van der Waals surface area (Å²) in [7, 11) is 0. The molecule has 1 aromatic rings. The molecular formula is C10H14ClNS2. The Morgan fingerprint density at radius 2 is 2.43 bits per heavy atom. The number of rotatable bonds is 3. The summed E-state index contributed by atoms with van der Waals surface area (Å²) in [5, 5.41) is 3.64. The summed E-state index contributed by atoms with van der Waals surface area (Å²) >= 11 is 9.62. The van der Waals surface area contributed by atoms with Crippen molar-refractivity contribution in [3.8, 4) is 0 Å². The van der Waals surface area contributed by atoms with E-state index >= 15 is 0 Å². The Morgan fingerprint density at radius 3 is 3.00 bits per heavy atom. The molecule has 0 amide bonds. The molecule has 0 aromatic carbocycles. The topological polar surface area (TPSA) is 12.0 Å². The van der Waals surface area contributed by atoms with Gasteiger partial charge in [-0.1, -0.05) is 11.6 Å². The van der Waals surface area contributed by atoms with Crippen LogP contribution in [0.1, 0.15) is 24.3 Å². The van der Waals surface area contributed by atoms with Crippen LogP contribution < -0.4 is 5.32 Å². The first-order valence-corrected chi connectivity index (χ1v) is 7.19. The van der Waals surface area contributed by atoms with Crippen LogP contribution in [-0.2, 0) is 0 Å². The van der Waals surface area contributed by atoms with Crippen molar-refractivity contribution < 1.29 is 0 Å². The van der Waals surface area contributed by atoms with Gasteiger partial charge in [0.05, 0.1) is 4.34 Å². The van der Waals surface area contributed by atoms with Crippen molar-refractivity contribution in [2.45, 2.75) is 25.4 Å². The van der Waals surface area contributed by atoms with Crippen LogP contribution in [0.4, 0.5) is 0 Å². The summed E-state index contributed by atoms with van der Waals surface area (Å²) in [5.41, 5.74) is 0. The van der Waals surface area contributed by atoms with E-state index < -0.39 is 0 Å². The average Bonchev–Trinajstić information content (AvgIpc) is 2.75. The first kappa shape index (κ1) is 10.8. The van der Waals surface area contributed by atoms with E-state index in [-0.39, 0.29) is 0 Å². The standard InChI is InChI=1S/C10H14ClNS2/c1-7(9-2-3-10(11)14-9)12-8-4-5-13-6-8/h2-3,7-8,12H,4-6H2,1H3. The molecular weight excluding hydrogens is 234 g/mol. The summed E-state index contributed by atoms with van der Waals surface area (Å²) in [6.07, 6.45) is 1.30. The molecule has 0 aliphatic carbocycles. The maximum absolute atomic E-state index is 5.91. The molecule has 0 radical (unpaired) electrons. The molecule has 1 fully saturated rings. The molecule has 0 bridgehead atoms. The van der Waals surface area contributed by atoms with E-state index in [1.807, 2.05) is 17.8 Å². The van der Waals surface area contributed by atoms with Crippen LogP contribution in [-0.4, -0.2) is 17.5 Å². The van der Waals surface area contributed by atoms with Crippen LogP contribution in [0.25, 0.3) is 0 Å². The predicted octanol–water partition coefficient (Wildman–Crippen LogP) is 3.56. The van der Waals surface area contributed by atoms with E-state index in [2.05, 4.69) is 18.3 Å². The van der Waals surface area contributed by atoms with Gasteiger partial charge in [0.25, 0.3) is 0 Å². The zero-order valence-corrected chi connectivity index (χ0v) is 10.5. The monoisotopic (exact) mass is 247 g/mol. The van der Waals surface area contributed by atoms with Gasteiger partial charge in [-0.15, -0.1) is 11.3 Å². The van der Waals surface area contributed by atoms with Crippen molar-refractivity contribution in [2.24, 2.45) is 0 Å². The zero-order chi connectivity index (χ0) is 9.97. The molecule has 1 N–H and O–H groups in total. The highest BCUT2D eigenvalue weighted by Crippen LogP contribution is 2.28. The van der Waals surface area contributed by atoms with Crippen molar-refractivity contribution >= 4 is 34.7 Å². The van der Waals surface area contributed by atoms with E-state index in [4.69, 9.17) is 11.6 Å².